The molecule has 6 nitrogen and oxygen atoms in total. The topological polar surface area (TPSA) is 88.4 Å². The third-order valence-electron chi connectivity index (χ3n) is 5.15. The second kappa shape index (κ2) is 8.89. The molecule has 1 aromatic heterocycles. The number of nitrogens with one attached hydrogen (secondary N) is 2. The predicted octanol–water partition coefficient (Wildman–Crippen LogP) is 4.77. The summed E-state index contributed by atoms with van der Waals surface area (Å²) in [6, 6.07) is 20.9. The summed E-state index contributed by atoms with van der Waals surface area (Å²) in [7, 11) is 0. The summed E-state index contributed by atoms with van der Waals surface area (Å²) in [6.07, 6.45) is 0. The van der Waals surface area contributed by atoms with Gasteiger partial charge in [0.25, 0.3) is 11.8 Å². The number of amides is 2. The maximum absolute atomic E-state index is 13.1. The van der Waals surface area contributed by atoms with Crippen molar-refractivity contribution in [2.45, 2.75) is 13.8 Å². The monoisotopic (exact) mass is 426 g/mol. The van der Waals surface area contributed by atoms with E-state index in [9.17, 15) is 14.4 Å². The number of fused-ring (bicyclic) bond motifs is 1. The average Bonchev–Trinajstić information content (AvgIpc) is 2.82. The number of para-hydroxylation sites is 1. The fraction of sp³-hybridized carbons (Fsp3) is 0.115. The zero-order valence-electron chi connectivity index (χ0n) is 17.8. The number of hydrogen-bond acceptors (Lipinski definition) is 4. The quantitative estimate of drug-likeness (QED) is 0.481. The Kier molecular flexibility index (Phi) is 5.85. The molecule has 0 spiro atoms. The SMILES string of the molecule is CCNC(=O)c1cccc(NC(=O)c2cccc3c(=O)c(C)c(-c4ccccc4)oc23)c1. The van der Waals surface area contributed by atoms with Crippen molar-refractivity contribution in [2.24, 2.45) is 0 Å². The smallest absolute Gasteiger partial charge is 0.259 e. The van der Waals surface area contributed by atoms with Gasteiger partial charge in [-0.25, -0.2) is 0 Å². The second-order valence-corrected chi connectivity index (χ2v) is 7.33. The van der Waals surface area contributed by atoms with Crippen LogP contribution in [0, 0.1) is 6.92 Å². The zero-order chi connectivity index (χ0) is 22.7. The summed E-state index contributed by atoms with van der Waals surface area (Å²) >= 11 is 0. The molecule has 0 aliphatic heterocycles. The number of anilines is 1. The van der Waals surface area contributed by atoms with Gasteiger partial charge >= 0.3 is 0 Å². The Hall–Kier alpha value is -4.19. The molecule has 0 aliphatic carbocycles. The molecule has 0 bridgehead atoms. The first-order valence-corrected chi connectivity index (χ1v) is 10.3. The molecule has 3 aromatic carbocycles. The van der Waals surface area contributed by atoms with Crippen LogP contribution in [-0.2, 0) is 0 Å². The van der Waals surface area contributed by atoms with Gasteiger partial charge in [0.2, 0.25) is 0 Å². The van der Waals surface area contributed by atoms with Gasteiger partial charge in [0.05, 0.1) is 10.9 Å². The fourth-order valence-electron chi connectivity index (χ4n) is 3.55. The van der Waals surface area contributed by atoms with E-state index in [0.29, 0.717) is 34.5 Å². The van der Waals surface area contributed by atoms with E-state index in [2.05, 4.69) is 10.6 Å². The van der Waals surface area contributed by atoms with Gasteiger partial charge in [0.1, 0.15) is 5.76 Å². The van der Waals surface area contributed by atoms with Gasteiger partial charge in [0, 0.05) is 28.9 Å². The van der Waals surface area contributed by atoms with Crippen LogP contribution in [0.2, 0.25) is 0 Å². The lowest BCUT2D eigenvalue weighted by atomic mass is 10.0. The van der Waals surface area contributed by atoms with Crippen molar-refractivity contribution in [3.8, 4) is 11.3 Å². The third kappa shape index (κ3) is 4.03. The van der Waals surface area contributed by atoms with Crippen LogP contribution >= 0.6 is 0 Å². The minimum absolute atomic E-state index is 0.182. The van der Waals surface area contributed by atoms with E-state index < -0.39 is 5.91 Å². The second-order valence-electron chi connectivity index (χ2n) is 7.33. The maximum atomic E-state index is 13.1. The zero-order valence-corrected chi connectivity index (χ0v) is 17.8. The van der Waals surface area contributed by atoms with E-state index in [0.717, 1.165) is 5.56 Å². The van der Waals surface area contributed by atoms with E-state index in [1.54, 1.807) is 49.4 Å². The largest absolute Gasteiger partial charge is 0.455 e. The van der Waals surface area contributed by atoms with Crippen LogP contribution < -0.4 is 16.1 Å². The van der Waals surface area contributed by atoms with Crippen molar-refractivity contribution in [3.63, 3.8) is 0 Å². The van der Waals surface area contributed by atoms with Crippen molar-refractivity contribution in [2.75, 3.05) is 11.9 Å². The van der Waals surface area contributed by atoms with Crippen LogP contribution in [0.3, 0.4) is 0 Å². The summed E-state index contributed by atoms with van der Waals surface area (Å²) in [5, 5.41) is 5.87. The van der Waals surface area contributed by atoms with Crippen LogP contribution in [-0.4, -0.2) is 18.4 Å². The molecule has 32 heavy (non-hydrogen) atoms. The van der Waals surface area contributed by atoms with E-state index >= 15 is 0 Å². The highest BCUT2D eigenvalue weighted by atomic mass is 16.3. The third-order valence-corrected chi connectivity index (χ3v) is 5.15. The molecular formula is C26H22N2O4. The lowest BCUT2D eigenvalue weighted by Crippen LogP contribution is -2.22. The number of carbonyl (C=O) groups excluding carboxylic acids is 2. The first kappa shape index (κ1) is 21.1. The molecule has 2 amide bonds. The Balaban J connectivity index is 1.76. The van der Waals surface area contributed by atoms with Crippen LogP contribution in [0.5, 0.6) is 0 Å². The average molecular weight is 426 g/mol. The molecule has 4 aromatic rings. The summed E-state index contributed by atoms with van der Waals surface area (Å²) in [6.45, 7) is 4.06. The van der Waals surface area contributed by atoms with Gasteiger partial charge < -0.3 is 15.1 Å². The molecule has 2 N–H and O–H groups in total. The molecule has 0 saturated carbocycles. The molecule has 0 fully saturated rings. The highest BCUT2D eigenvalue weighted by Crippen LogP contribution is 2.27. The van der Waals surface area contributed by atoms with E-state index in [4.69, 9.17) is 4.42 Å². The molecule has 0 saturated heterocycles. The predicted molar refractivity (Wildman–Crippen MR) is 125 cm³/mol. The summed E-state index contributed by atoms with van der Waals surface area (Å²) in [5.41, 5.74) is 2.42. The molecule has 1 heterocycles. The van der Waals surface area contributed by atoms with Crippen LogP contribution in [0.1, 0.15) is 33.2 Å². The minimum atomic E-state index is -0.435. The standard InChI is InChI=1S/C26H22N2O4/c1-3-27-25(30)18-11-7-12-19(15-18)28-26(31)21-14-8-13-20-22(29)16(2)23(32-24(20)21)17-9-5-4-6-10-17/h4-15H,3H2,1-2H3,(H,27,30)(H,28,31). The highest BCUT2D eigenvalue weighted by Gasteiger charge is 2.18. The number of carbonyl (C=O) groups is 2. The Morgan fingerprint density at radius 2 is 1.66 bits per heavy atom. The van der Waals surface area contributed by atoms with Crippen molar-refractivity contribution in [1.29, 1.82) is 0 Å². The van der Waals surface area contributed by atoms with Crippen molar-refractivity contribution >= 4 is 28.5 Å². The normalized spacial score (nSPS) is 10.7. The molecule has 0 unspecified atom stereocenters. The number of hydrogen-bond donors (Lipinski definition) is 2. The lowest BCUT2D eigenvalue weighted by molar-refractivity contribution is 0.0954. The van der Waals surface area contributed by atoms with Crippen LogP contribution in [0.25, 0.3) is 22.3 Å². The van der Waals surface area contributed by atoms with Gasteiger partial charge in [-0.05, 0) is 44.2 Å². The van der Waals surface area contributed by atoms with Crippen molar-refractivity contribution < 1.29 is 14.0 Å². The van der Waals surface area contributed by atoms with Crippen LogP contribution in [0.4, 0.5) is 5.69 Å². The fourth-order valence-corrected chi connectivity index (χ4v) is 3.55. The van der Waals surface area contributed by atoms with E-state index in [1.165, 1.54) is 0 Å². The molecule has 0 atom stereocenters. The number of rotatable bonds is 5. The molecule has 0 aliphatic rings. The Morgan fingerprint density at radius 1 is 0.906 bits per heavy atom. The molecule has 0 radical (unpaired) electrons. The highest BCUT2D eigenvalue weighted by molar-refractivity contribution is 6.11. The summed E-state index contributed by atoms with van der Waals surface area (Å²) in [4.78, 5) is 38.2. The van der Waals surface area contributed by atoms with E-state index in [1.807, 2.05) is 37.3 Å². The summed E-state index contributed by atoms with van der Waals surface area (Å²) < 4.78 is 6.12. The lowest BCUT2D eigenvalue weighted by Gasteiger charge is -2.11. The first-order chi connectivity index (χ1) is 15.5. The molecule has 6 heteroatoms. The van der Waals surface area contributed by atoms with Crippen molar-refractivity contribution in [1.82, 2.24) is 5.32 Å². The van der Waals surface area contributed by atoms with Gasteiger partial charge in [-0.1, -0.05) is 42.5 Å². The minimum Gasteiger partial charge on any atom is -0.455 e. The Labute approximate surface area is 184 Å². The molecule has 4 rings (SSSR count). The summed E-state index contributed by atoms with van der Waals surface area (Å²) in [5.74, 6) is -0.223. The van der Waals surface area contributed by atoms with Gasteiger partial charge in [-0.3, -0.25) is 14.4 Å². The van der Waals surface area contributed by atoms with E-state index in [-0.39, 0.29) is 22.5 Å². The molecular weight excluding hydrogens is 404 g/mol. The van der Waals surface area contributed by atoms with Gasteiger partial charge in [0.15, 0.2) is 11.0 Å². The van der Waals surface area contributed by atoms with Gasteiger partial charge in [-0.2, -0.15) is 0 Å². The van der Waals surface area contributed by atoms with Crippen LogP contribution in [0.15, 0.2) is 82.0 Å². The Morgan fingerprint density at radius 3 is 2.41 bits per heavy atom. The van der Waals surface area contributed by atoms with Gasteiger partial charge in [-0.15, -0.1) is 0 Å². The first-order valence-electron chi connectivity index (χ1n) is 10.3. The Bertz CT molecular complexity index is 1370. The van der Waals surface area contributed by atoms with Crippen molar-refractivity contribution in [3.05, 3.63) is 99.7 Å². The molecule has 160 valence electrons. The maximum Gasteiger partial charge on any atom is 0.259 e. The number of benzene rings is 3.